The summed E-state index contributed by atoms with van der Waals surface area (Å²) in [6.07, 6.45) is 0. The van der Waals surface area contributed by atoms with Gasteiger partial charge in [-0.05, 0) is 24.3 Å². The van der Waals surface area contributed by atoms with Crippen LogP contribution in [0.25, 0.3) is 0 Å². The van der Waals surface area contributed by atoms with Crippen molar-refractivity contribution in [1.29, 1.82) is 0 Å². The number of carbonyl (C=O) groups is 1. The van der Waals surface area contributed by atoms with Crippen molar-refractivity contribution >= 4 is 28.9 Å². The first kappa shape index (κ1) is 14.1. The predicted octanol–water partition coefficient (Wildman–Crippen LogP) is 3.32. The van der Waals surface area contributed by atoms with Gasteiger partial charge in [0.1, 0.15) is 0 Å². The summed E-state index contributed by atoms with van der Waals surface area (Å²) in [4.78, 5) is 12.1. The normalized spacial score (nSPS) is 10.2. The number of carbonyl (C=O) groups excluding carboxylic acids is 1. The molecule has 0 spiro atoms. The number of rotatable bonds is 3. The van der Waals surface area contributed by atoms with Crippen molar-refractivity contribution in [2.75, 3.05) is 18.2 Å². The number of hydrogen-bond acceptors (Lipinski definition) is 3. The van der Waals surface area contributed by atoms with Crippen LogP contribution >= 0.6 is 11.6 Å². The fourth-order valence-electron chi connectivity index (χ4n) is 1.72. The molecule has 0 aliphatic heterocycles. The molecule has 0 fully saturated rings. The van der Waals surface area contributed by atoms with Gasteiger partial charge in [-0.1, -0.05) is 17.7 Å². The van der Waals surface area contributed by atoms with E-state index in [2.05, 4.69) is 5.32 Å². The van der Waals surface area contributed by atoms with Crippen LogP contribution in [-0.2, 0) is 0 Å². The number of hydrogen-bond donors (Lipinski definition) is 2. The largest absolute Gasteiger partial charge is 0.494 e. The standard InChI is InChI=1S/C14H12ClFN2O2/c1-20-12-6-5-8(7-10(12)16)18-14(19)13-9(15)3-2-4-11(13)17/h2-7H,17H2,1H3,(H,18,19). The number of nitrogens with one attached hydrogen (secondary N) is 1. The number of amides is 1. The lowest BCUT2D eigenvalue weighted by molar-refractivity contribution is 0.102. The van der Waals surface area contributed by atoms with Gasteiger partial charge in [0.2, 0.25) is 0 Å². The molecule has 0 atom stereocenters. The van der Waals surface area contributed by atoms with E-state index in [4.69, 9.17) is 22.1 Å². The van der Waals surface area contributed by atoms with E-state index in [-0.39, 0.29) is 27.7 Å². The van der Waals surface area contributed by atoms with Crippen LogP contribution in [0.3, 0.4) is 0 Å². The summed E-state index contributed by atoms with van der Waals surface area (Å²) in [5, 5.41) is 2.77. The Morgan fingerprint density at radius 1 is 1.35 bits per heavy atom. The van der Waals surface area contributed by atoms with Crippen molar-refractivity contribution in [2.45, 2.75) is 0 Å². The molecule has 104 valence electrons. The topological polar surface area (TPSA) is 64.3 Å². The number of methoxy groups -OCH3 is 1. The van der Waals surface area contributed by atoms with Crippen LogP contribution < -0.4 is 15.8 Å². The van der Waals surface area contributed by atoms with Gasteiger partial charge in [0.25, 0.3) is 5.91 Å². The molecule has 20 heavy (non-hydrogen) atoms. The minimum Gasteiger partial charge on any atom is -0.494 e. The maximum Gasteiger partial charge on any atom is 0.259 e. The molecular formula is C14H12ClFN2O2. The van der Waals surface area contributed by atoms with Gasteiger partial charge in [-0.25, -0.2) is 4.39 Å². The maximum atomic E-state index is 13.5. The highest BCUT2D eigenvalue weighted by molar-refractivity contribution is 6.35. The van der Waals surface area contributed by atoms with Crippen molar-refractivity contribution in [1.82, 2.24) is 0 Å². The van der Waals surface area contributed by atoms with E-state index in [0.717, 1.165) is 6.07 Å². The van der Waals surface area contributed by atoms with Gasteiger partial charge < -0.3 is 15.8 Å². The zero-order valence-corrected chi connectivity index (χ0v) is 11.4. The van der Waals surface area contributed by atoms with Crippen LogP contribution in [0.2, 0.25) is 5.02 Å². The molecule has 0 aromatic heterocycles. The van der Waals surface area contributed by atoms with Crippen molar-refractivity contribution < 1.29 is 13.9 Å². The molecular weight excluding hydrogens is 283 g/mol. The molecule has 6 heteroatoms. The SMILES string of the molecule is COc1ccc(NC(=O)c2c(N)cccc2Cl)cc1F. The van der Waals surface area contributed by atoms with Gasteiger partial charge in [-0.3, -0.25) is 4.79 Å². The number of nitrogens with two attached hydrogens (primary N) is 1. The summed E-state index contributed by atoms with van der Waals surface area (Å²) >= 11 is 5.93. The molecule has 3 N–H and O–H groups in total. The lowest BCUT2D eigenvalue weighted by Gasteiger charge is -2.10. The second-order valence-electron chi connectivity index (χ2n) is 4.01. The molecule has 0 unspecified atom stereocenters. The van der Waals surface area contributed by atoms with E-state index in [9.17, 15) is 9.18 Å². The van der Waals surface area contributed by atoms with Crippen LogP contribution in [0.1, 0.15) is 10.4 Å². The molecule has 0 saturated heterocycles. The lowest BCUT2D eigenvalue weighted by atomic mass is 10.1. The highest BCUT2D eigenvalue weighted by atomic mass is 35.5. The number of halogens is 2. The Balaban J connectivity index is 2.26. The minimum absolute atomic E-state index is 0.0975. The monoisotopic (exact) mass is 294 g/mol. The number of benzene rings is 2. The van der Waals surface area contributed by atoms with Gasteiger partial charge >= 0.3 is 0 Å². The van der Waals surface area contributed by atoms with E-state index in [1.54, 1.807) is 18.2 Å². The fraction of sp³-hybridized carbons (Fsp3) is 0.0714. The van der Waals surface area contributed by atoms with Crippen LogP contribution in [0.5, 0.6) is 5.75 Å². The quantitative estimate of drug-likeness (QED) is 0.854. The van der Waals surface area contributed by atoms with E-state index >= 15 is 0 Å². The molecule has 0 aliphatic rings. The fourth-order valence-corrected chi connectivity index (χ4v) is 1.99. The Morgan fingerprint density at radius 3 is 2.70 bits per heavy atom. The summed E-state index contributed by atoms with van der Waals surface area (Å²) in [6, 6.07) is 8.86. The van der Waals surface area contributed by atoms with E-state index in [1.807, 2.05) is 0 Å². The Morgan fingerprint density at radius 2 is 2.10 bits per heavy atom. The van der Waals surface area contributed by atoms with Crippen molar-refractivity contribution in [3.63, 3.8) is 0 Å². The molecule has 0 radical (unpaired) electrons. The number of ether oxygens (including phenoxy) is 1. The molecule has 2 rings (SSSR count). The molecule has 0 heterocycles. The molecule has 0 bridgehead atoms. The van der Waals surface area contributed by atoms with Gasteiger partial charge in [0, 0.05) is 17.4 Å². The van der Waals surface area contributed by atoms with Gasteiger partial charge in [-0.15, -0.1) is 0 Å². The van der Waals surface area contributed by atoms with Crippen molar-refractivity contribution in [2.24, 2.45) is 0 Å². The summed E-state index contributed by atoms with van der Waals surface area (Å²) in [7, 11) is 1.36. The average Bonchev–Trinajstić information content (AvgIpc) is 2.38. The first-order chi connectivity index (χ1) is 9.52. The van der Waals surface area contributed by atoms with Crippen LogP contribution in [0.15, 0.2) is 36.4 Å². The number of anilines is 2. The molecule has 4 nitrogen and oxygen atoms in total. The maximum absolute atomic E-state index is 13.5. The molecule has 0 aliphatic carbocycles. The lowest BCUT2D eigenvalue weighted by Crippen LogP contribution is -2.14. The van der Waals surface area contributed by atoms with Gasteiger partial charge in [0.05, 0.1) is 17.7 Å². The summed E-state index contributed by atoms with van der Waals surface area (Å²) in [5.41, 5.74) is 6.41. The molecule has 2 aromatic rings. The van der Waals surface area contributed by atoms with Crippen LogP contribution in [0, 0.1) is 5.82 Å². The van der Waals surface area contributed by atoms with E-state index < -0.39 is 11.7 Å². The van der Waals surface area contributed by atoms with Crippen LogP contribution in [0.4, 0.5) is 15.8 Å². The van der Waals surface area contributed by atoms with Crippen molar-refractivity contribution in [3.8, 4) is 5.75 Å². The Labute approximate surface area is 120 Å². The highest BCUT2D eigenvalue weighted by Crippen LogP contribution is 2.25. The average molecular weight is 295 g/mol. The third kappa shape index (κ3) is 2.83. The Hall–Kier alpha value is -2.27. The summed E-state index contributed by atoms with van der Waals surface area (Å²) < 4.78 is 18.3. The second-order valence-corrected chi connectivity index (χ2v) is 4.41. The van der Waals surface area contributed by atoms with E-state index in [1.165, 1.54) is 19.2 Å². The van der Waals surface area contributed by atoms with Crippen molar-refractivity contribution in [3.05, 3.63) is 52.8 Å². The first-order valence-corrected chi connectivity index (χ1v) is 6.09. The van der Waals surface area contributed by atoms with E-state index in [0.29, 0.717) is 0 Å². The summed E-state index contributed by atoms with van der Waals surface area (Å²) in [6.45, 7) is 0. The zero-order valence-electron chi connectivity index (χ0n) is 10.6. The number of nitrogen functional groups attached to an aromatic ring is 1. The van der Waals surface area contributed by atoms with Gasteiger partial charge in [0.15, 0.2) is 11.6 Å². The third-order valence-corrected chi connectivity index (χ3v) is 3.00. The Kier molecular flexibility index (Phi) is 4.10. The third-order valence-electron chi connectivity index (χ3n) is 2.68. The molecule has 2 aromatic carbocycles. The first-order valence-electron chi connectivity index (χ1n) is 5.72. The Bertz CT molecular complexity index is 641. The van der Waals surface area contributed by atoms with Crippen LogP contribution in [-0.4, -0.2) is 13.0 Å². The molecule has 1 amide bonds. The predicted molar refractivity (Wildman–Crippen MR) is 76.8 cm³/mol. The zero-order chi connectivity index (χ0) is 14.7. The minimum atomic E-state index is -0.572. The van der Waals surface area contributed by atoms with Gasteiger partial charge in [-0.2, -0.15) is 0 Å². The molecule has 0 saturated carbocycles. The highest BCUT2D eigenvalue weighted by Gasteiger charge is 2.14. The summed E-state index contributed by atoms with van der Waals surface area (Å²) in [5.74, 6) is -0.977. The smallest absolute Gasteiger partial charge is 0.259 e. The second kappa shape index (κ2) is 5.79.